The Morgan fingerprint density at radius 2 is 1.83 bits per heavy atom. The number of fused-ring (bicyclic) bond motifs is 2. The first kappa shape index (κ1) is 19.7. The van der Waals surface area contributed by atoms with Crippen molar-refractivity contribution in [2.45, 2.75) is 51.1 Å². The van der Waals surface area contributed by atoms with Crippen LogP contribution in [0.25, 0.3) is 0 Å². The second kappa shape index (κ2) is 8.41. The van der Waals surface area contributed by atoms with Gasteiger partial charge < -0.3 is 20.1 Å². The Morgan fingerprint density at radius 1 is 1.10 bits per heavy atom. The first-order valence-corrected chi connectivity index (χ1v) is 10.2. The minimum Gasteiger partial charge on any atom is -0.493 e. The summed E-state index contributed by atoms with van der Waals surface area (Å²) in [5, 5.41) is 6.44. The zero-order chi connectivity index (χ0) is 20.4. The van der Waals surface area contributed by atoms with Crippen LogP contribution in [-0.2, 0) is 4.79 Å². The number of hydrogen-bond acceptors (Lipinski definition) is 4. The van der Waals surface area contributed by atoms with Crippen molar-refractivity contribution >= 4 is 11.6 Å². The molecule has 2 atom stereocenters. The van der Waals surface area contributed by atoms with Crippen molar-refractivity contribution in [3.8, 4) is 17.2 Å². The van der Waals surface area contributed by atoms with Crippen molar-refractivity contribution in [1.29, 1.82) is 0 Å². The molecule has 0 saturated carbocycles. The number of nitrogens with one attached hydrogen (secondary N) is 2. The van der Waals surface area contributed by atoms with Gasteiger partial charge in [-0.25, -0.2) is 4.39 Å². The molecule has 2 fully saturated rings. The van der Waals surface area contributed by atoms with Crippen molar-refractivity contribution in [2.24, 2.45) is 5.92 Å². The minimum atomic E-state index is -0.427. The zero-order valence-corrected chi connectivity index (χ0v) is 16.8. The number of amides is 1. The van der Waals surface area contributed by atoms with E-state index in [0.29, 0.717) is 47.4 Å². The van der Waals surface area contributed by atoms with Gasteiger partial charge in [0.2, 0.25) is 5.91 Å². The lowest BCUT2D eigenvalue weighted by atomic mass is 9.89. The van der Waals surface area contributed by atoms with Crippen LogP contribution >= 0.6 is 0 Å². The van der Waals surface area contributed by atoms with Crippen LogP contribution < -0.4 is 20.1 Å². The fourth-order valence-electron chi connectivity index (χ4n) is 4.47. The molecule has 0 spiro atoms. The molecule has 2 aromatic rings. The molecule has 1 amide bonds. The maximum atomic E-state index is 13.9. The summed E-state index contributed by atoms with van der Waals surface area (Å²) in [6.07, 6.45) is 4.89. The van der Waals surface area contributed by atoms with Crippen LogP contribution in [0.1, 0.15) is 37.7 Å². The van der Waals surface area contributed by atoms with Crippen molar-refractivity contribution in [1.82, 2.24) is 5.32 Å². The number of carbonyl (C=O) groups is 1. The Hall–Kier alpha value is -2.60. The highest BCUT2D eigenvalue weighted by Gasteiger charge is 2.34. The fraction of sp³-hybridized carbons (Fsp3) is 0.435. The molecule has 4 rings (SSSR count). The maximum absolute atomic E-state index is 13.9. The molecule has 29 heavy (non-hydrogen) atoms. The molecule has 2 aliphatic heterocycles. The van der Waals surface area contributed by atoms with E-state index < -0.39 is 5.82 Å². The summed E-state index contributed by atoms with van der Waals surface area (Å²) in [7, 11) is 1.57. The van der Waals surface area contributed by atoms with Gasteiger partial charge in [0, 0.05) is 24.6 Å². The van der Waals surface area contributed by atoms with Crippen LogP contribution in [0.5, 0.6) is 17.2 Å². The van der Waals surface area contributed by atoms with Gasteiger partial charge in [0.05, 0.1) is 12.8 Å². The monoisotopic (exact) mass is 398 g/mol. The van der Waals surface area contributed by atoms with Crippen LogP contribution in [0.2, 0.25) is 0 Å². The highest BCUT2D eigenvalue weighted by atomic mass is 19.1. The van der Waals surface area contributed by atoms with E-state index in [0.717, 1.165) is 18.4 Å². The zero-order valence-electron chi connectivity index (χ0n) is 16.8. The van der Waals surface area contributed by atoms with Crippen molar-refractivity contribution in [3.63, 3.8) is 0 Å². The summed E-state index contributed by atoms with van der Waals surface area (Å²) in [5.74, 6) is 1.30. The van der Waals surface area contributed by atoms with Gasteiger partial charge in [0.25, 0.3) is 0 Å². The molecule has 5 nitrogen and oxygen atoms in total. The third kappa shape index (κ3) is 4.70. The number of anilines is 1. The molecular weight excluding hydrogens is 371 g/mol. The third-order valence-corrected chi connectivity index (χ3v) is 5.80. The Balaban J connectivity index is 1.47. The van der Waals surface area contributed by atoms with E-state index in [9.17, 15) is 9.18 Å². The van der Waals surface area contributed by atoms with Crippen molar-refractivity contribution in [3.05, 3.63) is 47.8 Å². The minimum absolute atomic E-state index is 0.109. The van der Waals surface area contributed by atoms with Crippen molar-refractivity contribution in [2.75, 3.05) is 12.4 Å². The van der Waals surface area contributed by atoms with Gasteiger partial charge in [-0.05, 0) is 68.4 Å². The Labute approximate surface area is 170 Å². The first-order valence-electron chi connectivity index (χ1n) is 10.2. The molecule has 2 heterocycles. The quantitative estimate of drug-likeness (QED) is 0.734. The second-order valence-electron chi connectivity index (χ2n) is 8.12. The number of hydrogen-bond donors (Lipinski definition) is 2. The lowest BCUT2D eigenvalue weighted by Crippen LogP contribution is -2.39. The largest absolute Gasteiger partial charge is 0.493 e. The van der Waals surface area contributed by atoms with Gasteiger partial charge in [-0.15, -0.1) is 0 Å². The second-order valence-corrected chi connectivity index (χ2v) is 8.12. The lowest BCUT2D eigenvalue weighted by molar-refractivity contribution is -0.117. The van der Waals surface area contributed by atoms with Gasteiger partial charge in [-0.2, -0.15) is 0 Å². The van der Waals surface area contributed by atoms with E-state index in [1.54, 1.807) is 13.2 Å². The number of methoxy groups -OCH3 is 1. The topological polar surface area (TPSA) is 59.6 Å². The molecule has 0 aliphatic carbocycles. The Kier molecular flexibility index (Phi) is 5.72. The molecule has 6 heteroatoms. The van der Waals surface area contributed by atoms with E-state index in [1.165, 1.54) is 31.0 Å². The number of rotatable bonds is 6. The number of benzene rings is 2. The molecule has 2 N–H and O–H groups in total. The highest BCUT2D eigenvalue weighted by Crippen LogP contribution is 2.37. The van der Waals surface area contributed by atoms with Gasteiger partial charge in [-0.1, -0.05) is 6.07 Å². The fourth-order valence-corrected chi connectivity index (χ4v) is 4.47. The standard InChI is InChI=1S/C23H27FN2O3/c1-14-3-7-21(22(9-14)28-2)29-20-8-4-16(24)13-19(20)26-23(27)12-15-10-17-5-6-18(11-15)25-17/h3-4,7-9,13,15,17-18,25H,5-6,10-12H2,1-2H3,(H,26,27). The summed E-state index contributed by atoms with van der Waals surface area (Å²) >= 11 is 0. The van der Waals surface area contributed by atoms with Gasteiger partial charge in [0.1, 0.15) is 5.82 Å². The highest BCUT2D eigenvalue weighted by molar-refractivity contribution is 5.92. The van der Waals surface area contributed by atoms with Crippen LogP contribution in [0.4, 0.5) is 10.1 Å². The van der Waals surface area contributed by atoms with Gasteiger partial charge in [-0.3, -0.25) is 4.79 Å². The smallest absolute Gasteiger partial charge is 0.224 e. The average molecular weight is 398 g/mol. The van der Waals surface area contributed by atoms with Crippen LogP contribution in [0.15, 0.2) is 36.4 Å². The summed E-state index contributed by atoms with van der Waals surface area (Å²) in [6, 6.07) is 10.8. The summed E-state index contributed by atoms with van der Waals surface area (Å²) in [5.41, 5.74) is 1.37. The average Bonchev–Trinajstić information content (AvgIpc) is 3.03. The molecule has 2 saturated heterocycles. The number of carbonyl (C=O) groups excluding carboxylic acids is 1. The molecule has 2 aromatic carbocycles. The predicted molar refractivity (Wildman–Crippen MR) is 110 cm³/mol. The summed E-state index contributed by atoms with van der Waals surface area (Å²) < 4.78 is 25.2. The number of ether oxygens (including phenoxy) is 2. The number of halogens is 1. The van der Waals surface area contributed by atoms with Crippen LogP contribution in [0.3, 0.4) is 0 Å². The third-order valence-electron chi connectivity index (χ3n) is 5.80. The molecule has 154 valence electrons. The summed E-state index contributed by atoms with van der Waals surface area (Å²) in [4.78, 5) is 12.7. The van der Waals surface area contributed by atoms with E-state index in [-0.39, 0.29) is 5.91 Å². The first-order chi connectivity index (χ1) is 14.0. The molecular formula is C23H27FN2O3. The molecule has 2 bridgehead atoms. The normalized spacial score (nSPS) is 22.9. The Bertz CT molecular complexity index is 890. The molecule has 0 radical (unpaired) electrons. The molecule has 2 aliphatic rings. The van der Waals surface area contributed by atoms with E-state index in [4.69, 9.17) is 9.47 Å². The van der Waals surface area contributed by atoms with Gasteiger partial charge in [0.15, 0.2) is 17.2 Å². The van der Waals surface area contributed by atoms with E-state index >= 15 is 0 Å². The van der Waals surface area contributed by atoms with Crippen molar-refractivity contribution < 1.29 is 18.7 Å². The van der Waals surface area contributed by atoms with Crippen LogP contribution in [-0.4, -0.2) is 25.1 Å². The SMILES string of the molecule is COc1cc(C)ccc1Oc1ccc(F)cc1NC(=O)CC1CC2CCC(C1)N2. The number of piperidine rings is 1. The summed E-state index contributed by atoms with van der Waals surface area (Å²) in [6.45, 7) is 1.96. The van der Waals surface area contributed by atoms with Crippen LogP contribution in [0, 0.1) is 18.7 Å². The predicted octanol–water partition coefficient (Wildman–Crippen LogP) is 4.79. The molecule has 2 unspecified atom stereocenters. The Morgan fingerprint density at radius 3 is 2.55 bits per heavy atom. The molecule has 0 aromatic heterocycles. The lowest BCUT2D eigenvalue weighted by Gasteiger charge is -2.28. The number of aryl methyl sites for hydroxylation is 1. The van der Waals surface area contributed by atoms with E-state index in [1.807, 2.05) is 19.1 Å². The van der Waals surface area contributed by atoms with E-state index in [2.05, 4.69) is 10.6 Å². The van der Waals surface area contributed by atoms with Gasteiger partial charge >= 0.3 is 0 Å². The maximum Gasteiger partial charge on any atom is 0.224 e.